The van der Waals surface area contributed by atoms with Crippen molar-refractivity contribution in [3.05, 3.63) is 58.1 Å². The third kappa shape index (κ3) is 3.79. The average Bonchev–Trinajstić information content (AvgIpc) is 2.95. The lowest BCUT2D eigenvalue weighted by Gasteiger charge is -2.01. The van der Waals surface area contributed by atoms with Gasteiger partial charge in [-0.3, -0.25) is 19.7 Å². The summed E-state index contributed by atoms with van der Waals surface area (Å²) in [5, 5.41) is 30.2. The highest BCUT2D eigenvalue weighted by molar-refractivity contribution is 6.40. The number of aromatic nitrogens is 1. The van der Waals surface area contributed by atoms with Crippen LogP contribution in [-0.2, 0) is 9.59 Å². The average molecular weight is 367 g/mol. The third-order valence-corrected chi connectivity index (χ3v) is 3.69. The van der Waals surface area contributed by atoms with E-state index in [0.29, 0.717) is 11.2 Å². The zero-order chi connectivity index (χ0) is 19.6. The molecule has 2 amide bonds. The van der Waals surface area contributed by atoms with Gasteiger partial charge in [-0.15, -0.1) is 10.2 Å². The molecule has 2 aromatic carbocycles. The Morgan fingerprint density at radius 2 is 1.89 bits per heavy atom. The van der Waals surface area contributed by atoms with Crippen molar-refractivity contribution in [2.45, 2.75) is 6.92 Å². The molecule has 0 atom stereocenters. The van der Waals surface area contributed by atoms with Gasteiger partial charge in [0.25, 0.3) is 5.69 Å². The number of aromatic amines is 1. The summed E-state index contributed by atoms with van der Waals surface area (Å²) in [7, 11) is 0. The number of carbonyl (C=O) groups is 2. The zero-order valence-corrected chi connectivity index (χ0v) is 14.0. The van der Waals surface area contributed by atoms with E-state index < -0.39 is 22.6 Å². The molecule has 0 saturated heterocycles. The number of nitro benzene ring substituents is 1. The van der Waals surface area contributed by atoms with Gasteiger partial charge < -0.3 is 15.4 Å². The van der Waals surface area contributed by atoms with Gasteiger partial charge in [0.05, 0.1) is 10.4 Å². The van der Waals surface area contributed by atoms with Crippen LogP contribution in [0.25, 0.3) is 10.9 Å². The maximum absolute atomic E-state index is 11.9. The smallest absolute Gasteiger partial charge is 0.353 e. The van der Waals surface area contributed by atoms with Crippen molar-refractivity contribution in [2.75, 3.05) is 5.32 Å². The molecule has 3 N–H and O–H groups in total. The molecule has 3 rings (SSSR count). The number of aryl methyl sites for hydroxylation is 1. The molecule has 10 heteroatoms. The topological polar surface area (TPSA) is 150 Å². The summed E-state index contributed by atoms with van der Waals surface area (Å²) in [4.78, 5) is 36.6. The minimum atomic E-state index is -1.19. The lowest BCUT2D eigenvalue weighted by Crippen LogP contribution is -2.20. The van der Waals surface area contributed by atoms with Crippen LogP contribution in [0.3, 0.4) is 0 Å². The number of non-ortho nitro benzene ring substituents is 1. The van der Waals surface area contributed by atoms with E-state index in [0.717, 1.165) is 5.56 Å². The van der Waals surface area contributed by atoms with Crippen molar-refractivity contribution < 1.29 is 19.6 Å². The Balaban J connectivity index is 1.82. The van der Waals surface area contributed by atoms with Gasteiger partial charge in [-0.05, 0) is 25.1 Å². The lowest BCUT2D eigenvalue weighted by molar-refractivity contribution is -0.384. The van der Waals surface area contributed by atoms with E-state index in [1.807, 2.05) is 6.92 Å². The number of amides is 2. The number of aromatic hydroxyl groups is 1. The van der Waals surface area contributed by atoms with E-state index in [9.17, 15) is 24.8 Å². The fourth-order valence-corrected chi connectivity index (χ4v) is 2.33. The van der Waals surface area contributed by atoms with E-state index >= 15 is 0 Å². The van der Waals surface area contributed by atoms with Crippen LogP contribution in [0.2, 0.25) is 0 Å². The number of hydrogen-bond acceptors (Lipinski definition) is 6. The number of carbonyl (C=O) groups excluding carboxylic acids is 2. The Hall–Kier alpha value is -4.08. The maximum Gasteiger partial charge on any atom is 0.353 e. The van der Waals surface area contributed by atoms with Crippen molar-refractivity contribution in [2.24, 2.45) is 10.2 Å². The fraction of sp³-hybridized carbons (Fsp3) is 0.0588. The Labute approximate surface area is 151 Å². The van der Waals surface area contributed by atoms with E-state index in [1.54, 1.807) is 24.3 Å². The van der Waals surface area contributed by atoms with Crippen LogP contribution in [0.15, 0.2) is 52.7 Å². The van der Waals surface area contributed by atoms with Gasteiger partial charge in [0.2, 0.25) is 5.88 Å². The number of hydrogen-bond donors (Lipinski definition) is 3. The molecule has 0 aliphatic carbocycles. The molecular formula is C17H13N5O5. The van der Waals surface area contributed by atoms with Crippen LogP contribution < -0.4 is 5.32 Å². The number of fused-ring (bicyclic) bond motifs is 1. The fourth-order valence-electron chi connectivity index (χ4n) is 2.33. The molecule has 1 aromatic heterocycles. The maximum atomic E-state index is 11.9. The van der Waals surface area contributed by atoms with Crippen LogP contribution in [0.1, 0.15) is 5.56 Å². The highest BCUT2D eigenvalue weighted by atomic mass is 16.6. The summed E-state index contributed by atoms with van der Waals surface area (Å²) >= 11 is 0. The van der Waals surface area contributed by atoms with Crippen LogP contribution in [0, 0.1) is 17.0 Å². The standard InChI is InChI=1S/C17H13N5O5/c1-9-2-4-10(5-3-9)18-16(24)17(25)21-20-14-12-8-11(22(26)27)6-7-13(12)19-15(14)23/h2-8,19,23H,1H3,(H,18,24). The molecular weight excluding hydrogens is 354 g/mol. The predicted octanol–water partition coefficient (Wildman–Crippen LogP) is 3.34. The summed E-state index contributed by atoms with van der Waals surface area (Å²) in [6.45, 7) is 1.88. The first kappa shape index (κ1) is 17.7. The van der Waals surface area contributed by atoms with Crippen molar-refractivity contribution in [1.29, 1.82) is 0 Å². The quantitative estimate of drug-likeness (QED) is 0.281. The van der Waals surface area contributed by atoms with Gasteiger partial charge in [-0.2, -0.15) is 0 Å². The molecule has 0 bridgehead atoms. The first-order chi connectivity index (χ1) is 12.8. The van der Waals surface area contributed by atoms with E-state index in [4.69, 9.17) is 0 Å². The molecule has 10 nitrogen and oxygen atoms in total. The molecule has 3 aromatic rings. The molecule has 0 spiro atoms. The number of benzene rings is 2. The van der Waals surface area contributed by atoms with Gasteiger partial charge >= 0.3 is 11.8 Å². The van der Waals surface area contributed by atoms with Crippen molar-refractivity contribution in [3.63, 3.8) is 0 Å². The number of azo groups is 1. The molecule has 0 saturated carbocycles. The molecule has 0 fully saturated rings. The van der Waals surface area contributed by atoms with Gasteiger partial charge in [0, 0.05) is 23.2 Å². The molecule has 27 heavy (non-hydrogen) atoms. The summed E-state index contributed by atoms with van der Waals surface area (Å²) in [6.07, 6.45) is 0. The number of nitrogens with zero attached hydrogens (tertiary/aromatic N) is 3. The Bertz CT molecular complexity index is 1090. The number of H-pyrrole nitrogens is 1. The molecule has 1 heterocycles. The molecule has 0 radical (unpaired) electrons. The normalized spacial score (nSPS) is 11.0. The largest absolute Gasteiger partial charge is 0.493 e. The van der Waals surface area contributed by atoms with Gasteiger partial charge in [-0.25, -0.2) is 0 Å². The van der Waals surface area contributed by atoms with Gasteiger partial charge in [-0.1, -0.05) is 17.7 Å². The summed E-state index contributed by atoms with van der Waals surface area (Å²) < 4.78 is 0. The Morgan fingerprint density at radius 1 is 1.19 bits per heavy atom. The minimum absolute atomic E-state index is 0.176. The monoisotopic (exact) mass is 367 g/mol. The second kappa shape index (κ2) is 7.04. The summed E-state index contributed by atoms with van der Waals surface area (Å²) in [5.41, 5.74) is 1.37. The first-order valence-corrected chi connectivity index (χ1v) is 7.68. The summed E-state index contributed by atoms with van der Waals surface area (Å²) in [5.74, 6) is -2.62. The van der Waals surface area contributed by atoms with Crippen LogP contribution >= 0.6 is 0 Å². The molecule has 136 valence electrons. The van der Waals surface area contributed by atoms with Crippen LogP contribution in [0.5, 0.6) is 5.88 Å². The Kier molecular flexibility index (Phi) is 4.62. The number of nitrogens with one attached hydrogen (secondary N) is 2. The molecule has 0 aliphatic rings. The lowest BCUT2D eigenvalue weighted by atomic mass is 10.2. The Morgan fingerprint density at radius 3 is 2.56 bits per heavy atom. The minimum Gasteiger partial charge on any atom is -0.493 e. The number of anilines is 1. The molecule has 0 aliphatic heterocycles. The highest BCUT2D eigenvalue weighted by Crippen LogP contribution is 2.37. The second-order valence-corrected chi connectivity index (χ2v) is 5.63. The van der Waals surface area contributed by atoms with Crippen LogP contribution in [-0.4, -0.2) is 26.8 Å². The van der Waals surface area contributed by atoms with Crippen molar-refractivity contribution in [3.8, 4) is 5.88 Å². The predicted molar refractivity (Wildman–Crippen MR) is 95.9 cm³/mol. The van der Waals surface area contributed by atoms with Crippen molar-refractivity contribution >= 4 is 39.8 Å². The van der Waals surface area contributed by atoms with Gasteiger partial charge in [0.15, 0.2) is 5.69 Å². The third-order valence-electron chi connectivity index (χ3n) is 3.69. The highest BCUT2D eigenvalue weighted by Gasteiger charge is 2.17. The first-order valence-electron chi connectivity index (χ1n) is 7.68. The van der Waals surface area contributed by atoms with Crippen molar-refractivity contribution in [1.82, 2.24) is 4.98 Å². The van der Waals surface area contributed by atoms with Crippen LogP contribution in [0.4, 0.5) is 17.1 Å². The number of rotatable bonds is 3. The van der Waals surface area contributed by atoms with E-state index in [-0.39, 0.29) is 16.8 Å². The van der Waals surface area contributed by atoms with E-state index in [2.05, 4.69) is 20.5 Å². The van der Waals surface area contributed by atoms with Gasteiger partial charge in [0.1, 0.15) is 0 Å². The zero-order valence-electron chi connectivity index (χ0n) is 14.0. The second-order valence-electron chi connectivity index (χ2n) is 5.63. The number of nitro groups is 1. The summed E-state index contributed by atoms with van der Waals surface area (Å²) in [6, 6.07) is 10.6. The molecule has 0 unspecified atom stereocenters. The van der Waals surface area contributed by atoms with E-state index in [1.165, 1.54) is 18.2 Å². The SMILES string of the molecule is Cc1ccc(NC(=O)C(=O)N=Nc2c(O)[nH]c3ccc([N+](=O)[O-])cc23)cc1.